The molecule has 29 heavy (non-hydrogen) atoms. The number of aromatic nitrogens is 1. The van der Waals surface area contributed by atoms with Gasteiger partial charge in [-0.15, -0.1) is 0 Å². The van der Waals surface area contributed by atoms with Crippen molar-refractivity contribution in [1.82, 2.24) is 10.3 Å². The number of nitrogens with zero attached hydrogens (tertiary/aromatic N) is 1. The van der Waals surface area contributed by atoms with E-state index in [1.165, 1.54) is 16.8 Å². The van der Waals surface area contributed by atoms with E-state index in [9.17, 15) is 0 Å². The lowest BCUT2D eigenvalue weighted by Crippen LogP contribution is -2.16. The Bertz CT molecular complexity index is 1030. The summed E-state index contributed by atoms with van der Waals surface area (Å²) in [7, 11) is 2.08. The monoisotopic (exact) mass is 403 g/mol. The molecule has 1 aliphatic rings. The minimum atomic E-state index is 0.827. The van der Waals surface area contributed by atoms with Crippen LogP contribution in [0.25, 0.3) is 11.8 Å². The van der Waals surface area contributed by atoms with E-state index < -0.39 is 0 Å². The molecule has 0 spiro atoms. The Kier molecular flexibility index (Phi) is 5.77. The van der Waals surface area contributed by atoms with Crippen LogP contribution < -0.4 is 10.2 Å². The van der Waals surface area contributed by atoms with Crippen LogP contribution >= 0.6 is 11.6 Å². The number of allylic oxidation sites excluding steroid dienone is 1. The van der Waals surface area contributed by atoms with Gasteiger partial charge in [-0.3, -0.25) is 0 Å². The number of rotatable bonds is 7. The Morgan fingerprint density at radius 2 is 1.90 bits per heavy atom. The number of anilines is 2. The van der Waals surface area contributed by atoms with Crippen molar-refractivity contribution in [3.05, 3.63) is 94.8 Å². The largest absolute Gasteiger partial charge is 0.385 e. The minimum Gasteiger partial charge on any atom is -0.385 e. The number of benzene rings is 2. The Labute approximate surface area is 177 Å². The third-order valence-electron chi connectivity index (χ3n) is 5.46. The summed E-state index contributed by atoms with van der Waals surface area (Å²) >= 11 is 6.24. The third-order valence-corrected chi connectivity index (χ3v) is 5.76. The second-order valence-electron chi connectivity index (χ2n) is 7.40. The van der Waals surface area contributed by atoms with Crippen LogP contribution in [-0.2, 0) is 12.8 Å². The zero-order valence-corrected chi connectivity index (χ0v) is 17.5. The minimum absolute atomic E-state index is 0.827. The highest BCUT2D eigenvalue weighted by atomic mass is 35.5. The van der Waals surface area contributed by atoms with E-state index in [-0.39, 0.29) is 0 Å². The summed E-state index contributed by atoms with van der Waals surface area (Å²) in [6.07, 6.45) is 7.06. The van der Waals surface area contributed by atoms with Crippen LogP contribution in [0.2, 0.25) is 0 Å². The SMILES string of the molecule is C=C(NCCc1c[nH]c2c1C=C(Cl)CC2)c1cccc(N(C)c2ccccc2)c1. The van der Waals surface area contributed by atoms with Crippen molar-refractivity contribution in [3.8, 4) is 0 Å². The van der Waals surface area contributed by atoms with Crippen LogP contribution in [0.4, 0.5) is 11.4 Å². The fourth-order valence-electron chi connectivity index (χ4n) is 3.74. The molecular weight excluding hydrogens is 378 g/mol. The van der Waals surface area contributed by atoms with Crippen molar-refractivity contribution in [1.29, 1.82) is 0 Å². The Hall–Kier alpha value is -2.91. The maximum absolute atomic E-state index is 6.24. The van der Waals surface area contributed by atoms with Gasteiger partial charge in [0.15, 0.2) is 0 Å². The molecule has 4 heteroatoms. The summed E-state index contributed by atoms with van der Waals surface area (Å²) in [6.45, 7) is 5.07. The van der Waals surface area contributed by atoms with E-state index in [4.69, 9.17) is 11.6 Å². The van der Waals surface area contributed by atoms with Crippen molar-refractivity contribution < 1.29 is 0 Å². The van der Waals surface area contributed by atoms with Gasteiger partial charge in [-0.2, -0.15) is 0 Å². The summed E-state index contributed by atoms with van der Waals surface area (Å²) in [4.78, 5) is 5.57. The van der Waals surface area contributed by atoms with Gasteiger partial charge in [0.25, 0.3) is 0 Å². The maximum atomic E-state index is 6.24. The van der Waals surface area contributed by atoms with Crippen molar-refractivity contribution in [2.24, 2.45) is 0 Å². The quantitative estimate of drug-likeness (QED) is 0.498. The number of hydrogen-bond acceptors (Lipinski definition) is 2. The van der Waals surface area contributed by atoms with Crippen LogP contribution in [0.5, 0.6) is 0 Å². The normalized spacial score (nSPS) is 12.8. The zero-order chi connectivity index (χ0) is 20.2. The van der Waals surface area contributed by atoms with E-state index in [1.54, 1.807) is 0 Å². The highest BCUT2D eigenvalue weighted by molar-refractivity contribution is 6.31. The molecule has 1 aliphatic carbocycles. The number of H-pyrrole nitrogens is 1. The van der Waals surface area contributed by atoms with E-state index in [0.29, 0.717) is 0 Å². The van der Waals surface area contributed by atoms with Crippen molar-refractivity contribution in [2.45, 2.75) is 19.3 Å². The molecule has 1 heterocycles. The van der Waals surface area contributed by atoms with Gasteiger partial charge < -0.3 is 15.2 Å². The maximum Gasteiger partial charge on any atom is 0.0414 e. The lowest BCUT2D eigenvalue weighted by atomic mass is 10.00. The van der Waals surface area contributed by atoms with E-state index in [0.717, 1.165) is 53.5 Å². The molecule has 0 radical (unpaired) electrons. The van der Waals surface area contributed by atoms with Crippen LogP contribution in [-0.4, -0.2) is 18.6 Å². The molecule has 3 aromatic rings. The Balaban J connectivity index is 1.39. The average Bonchev–Trinajstić information content (AvgIpc) is 3.16. The predicted octanol–water partition coefficient (Wildman–Crippen LogP) is 6.11. The predicted molar refractivity (Wildman–Crippen MR) is 125 cm³/mol. The number of nitrogens with one attached hydrogen (secondary N) is 2. The number of fused-ring (bicyclic) bond motifs is 1. The second kappa shape index (κ2) is 8.62. The van der Waals surface area contributed by atoms with Gasteiger partial charge in [-0.1, -0.05) is 48.5 Å². The summed E-state index contributed by atoms with van der Waals surface area (Å²) in [5.74, 6) is 0. The molecule has 0 fully saturated rings. The van der Waals surface area contributed by atoms with Crippen molar-refractivity contribution in [3.63, 3.8) is 0 Å². The fraction of sp³-hybridized carbons (Fsp3) is 0.200. The smallest absolute Gasteiger partial charge is 0.0414 e. The third kappa shape index (κ3) is 4.41. The zero-order valence-electron chi connectivity index (χ0n) is 16.7. The number of halogens is 1. The van der Waals surface area contributed by atoms with Crippen LogP contribution in [0.15, 0.2) is 72.4 Å². The first-order chi connectivity index (χ1) is 14.1. The molecule has 0 aliphatic heterocycles. The lowest BCUT2D eigenvalue weighted by Gasteiger charge is -2.20. The number of aryl methyl sites for hydroxylation is 1. The van der Waals surface area contributed by atoms with Gasteiger partial charge in [0, 0.05) is 47.6 Å². The van der Waals surface area contributed by atoms with E-state index in [2.05, 4.69) is 89.6 Å². The van der Waals surface area contributed by atoms with Gasteiger partial charge in [-0.05, 0) is 66.3 Å². The summed E-state index contributed by atoms with van der Waals surface area (Å²) in [5, 5.41) is 4.42. The topological polar surface area (TPSA) is 31.1 Å². The van der Waals surface area contributed by atoms with E-state index in [1.807, 2.05) is 6.07 Å². The van der Waals surface area contributed by atoms with E-state index >= 15 is 0 Å². The number of aromatic amines is 1. The summed E-state index contributed by atoms with van der Waals surface area (Å²) < 4.78 is 0. The average molecular weight is 404 g/mol. The van der Waals surface area contributed by atoms with Crippen LogP contribution in [0.3, 0.4) is 0 Å². The molecule has 0 bridgehead atoms. The molecule has 0 unspecified atom stereocenters. The van der Waals surface area contributed by atoms with Gasteiger partial charge in [0.1, 0.15) is 0 Å². The van der Waals surface area contributed by atoms with Gasteiger partial charge >= 0.3 is 0 Å². The van der Waals surface area contributed by atoms with Crippen molar-refractivity contribution in [2.75, 3.05) is 18.5 Å². The summed E-state index contributed by atoms with van der Waals surface area (Å²) in [5.41, 5.74) is 8.19. The summed E-state index contributed by atoms with van der Waals surface area (Å²) in [6, 6.07) is 18.8. The molecule has 4 rings (SSSR count). The Morgan fingerprint density at radius 3 is 2.72 bits per heavy atom. The first-order valence-corrected chi connectivity index (χ1v) is 10.4. The number of para-hydroxylation sites is 1. The molecule has 0 amide bonds. The molecule has 2 aromatic carbocycles. The van der Waals surface area contributed by atoms with Gasteiger partial charge in [0.2, 0.25) is 0 Å². The van der Waals surface area contributed by atoms with Crippen LogP contribution in [0.1, 0.15) is 28.8 Å². The van der Waals surface area contributed by atoms with Crippen molar-refractivity contribution >= 4 is 34.7 Å². The molecule has 0 saturated heterocycles. The Morgan fingerprint density at radius 1 is 1.10 bits per heavy atom. The number of hydrogen-bond donors (Lipinski definition) is 2. The molecule has 3 nitrogen and oxygen atoms in total. The highest BCUT2D eigenvalue weighted by Gasteiger charge is 2.14. The van der Waals surface area contributed by atoms with Gasteiger partial charge in [0.05, 0.1) is 0 Å². The second-order valence-corrected chi connectivity index (χ2v) is 7.88. The fourth-order valence-corrected chi connectivity index (χ4v) is 3.95. The molecular formula is C25H26ClN3. The molecule has 2 N–H and O–H groups in total. The van der Waals surface area contributed by atoms with Crippen LogP contribution in [0, 0.1) is 0 Å². The molecule has 0 saturated carbocycles. The molecule has 1 aromatic heterocycles. The molecule has 148 valence electrons. The first kappa shape index (κ1) is 19.4. The highest BCUT2D eigenvalue weighted by Crippen LogP contribution is 2.29. The standard InChI is InChI=1S/C25H26ClN3/c1-18(27-14-13-20-17-28-25-12-11-21(26)16-24(20)25)19-7-6-10-23(15-19)29(2)22-8-4-3-5-9-22/h3-10,15-17,27-28H,1,11-14H2,2H3. The first-order valence-electron chi connectivity index (χ1n) is 9.99. The lowest BCUT2D eigenvalue weighted by molar-refractivity contribution is 0.847. The molecule has 0 atom stereocenters. The van der Waals surface area contributed by atoms with Gasteiger partial charge in [-0.25, -0.2) is 0 Å².